The average molecular weight is 321 g/mol. The molecule has 1 saturated carbocycles. The second-order valence-corrected chi connectivity index (χ2v) is 6.07. The maximum absolute atomic E-state index is 12.6. The van der Waals surface area contributed by atoms with Crippen LogP contribution in [0.5, 0.6) is 0 Å². The van der Waals surface area contributed by atoms with Crippen molar-refractivity contribution in [3.05, 3.63) is 22.8 Å². The lowest BCUT2D eigenvalue weighted by atomic mass is 10.00. The Bertz CT molecular complexity index is 519. The van der Waals surface area contributed by atoms with Crippen LogP contribution in [0.25, 0.3) is 0 Å². The Labute approximate surface area is 125 Å². The van der Waals surface area contributed by atoms with Gasteiger partial charge in [0, 0.05) is 18.8 Å². The molecular formula is C14H16ClF3N2O. The number of nitrogens with one attached hydrogen (secondary N) is 1. The summed E-state index contributed by atoms with van der Waals surface area (Å²) in [6.45, 7) is 0.664. The van der Waals surface area contributed by atoms with Gasteiger partial charge >= 0.3 is 6.18 Å². The summed E-state index contributed by atoms with van der Waals surface area (Å²) in [7, 11) is 0. The van der Waals surface area contributed by atoms with Crippen LogP contribution in [-0.4, -0.2) is 23.7 Å². The molecule has 2 fully saturated rings. The minimum Gasteiger partial charge on any atom is -0.378 e. The molecule has 3 rings (SSSR count). The zero-order chi connectivity index (χ0) is 15.0. The first-order valence-corrected chi connectivity index (χ1v) is 7.42. The highest BCUT2D eigenvalue weighted by Gasteiger charge is 2.36. The van der Waals surface area contributed by atoms with Crippen molar-refractivity contribution in [2.24, 2.45) is 5.92 Å². The average Bonchev–Trinajstić information content (AvgIpc) is 3.25. The Balaban J connectivity index is 1.66. The standard InChI is InChI=1S/C14H16ClF3N2O/c15-11-5-9(14(16,17)18)7-19-13(11)20-10-3-4-21-12(6-10)8-1-2-8/h5,7-8,10,12H,1-4,6H2,(H,19,20). The SMILES string of the molecule is FC(F)(F)c1cnc(NC2CCOC(C3CC3)C2)c(Cl)c1. The molecule has 0 bridgehead atoms. The van der Waals surface area contributed by atoms with Crippen molar-refractivity contribution in [3.63, 3.8) is 0 Å². The van der Waals surface area contributed by atoms with Gasteiger partial charge in [0.1, 0.15) is 5.82 Å². The van der Waals surface area contributed by atoms with E-state index < -0.39 is 11.7 Å². The number of alkyl halides is 3. The van der Waals surface area contributed by atoms with Crippen LogP contribution < -0.4 is 5.32 Å². The van der Waals surface area contributed by atoms with Crippen LogP contribution in [-0.2, 0) is 10.9 Å². The highest BCUT2D eigenvalue weighted by Crippen LogP contribution is 2.39. The lowest BCUT2D eigenvalue weighted by Crippen LogP contribution is -2.35. The number of hydrogen-bond donors (Lipinski definition) is 1. The van der Waals surface area contributed by atoms with Gasteiger partial charge in [0.25, 0.3) is 0 Å². The molecule has 1 aliphatic carbocycles. The third-order valence-corrected chi connectivity index (χ3v) is 4.26. The van der Waals surface area contributed by atoms with E-state index in [1.807, 2.05) is 0 Å². The summed E-state index contributed by atoms with van der Waals surface area (Å²) in [4.78, 5) is 3.82. The van der Waals surface area contributed by atoms with E-state index in [-0.39, 0.29) is 17.2 Å². The largest absolute Gasteiger partial charge is 0.417 e. The highest BCUT2D eigenvalue weighted by molar-refractivity contribution is 6.33. The quantitative estimate of drug-likeness (QED) is 0.909. The predicted molar refractivity (Wildman–Crippen MR) is 73.4 cm³/mol. The van der Waals surface area contributed by atoms with Crippen molar-refractivity contribution in [1.82, 2.24) is 4.98 Å². The van der Waals surface area contributed by atoms with E-state index in [4.69, 9.17) is 16.3 Å². The molecule has 2 unspecified atom stereocenters. The Morgan fingerprint density at radius 3 is 2.67 bits per heavy atom. The van der Waals surface area contributed by atoms with Crippen molar-refractivity contribution < 1.29 is 17.9 Å². The zero-order valence-electron chi connectivity index (χ0n) is 11.3. The van der Waals surface area contributed by atoms with Gasteiger partial charge in [0.05, 0.1) is 16.7 Å². The maximum atomic E-state index is 12.6. The topological polar surface area (TPSA) is 34.2 Å². The number of anilines is 1. The van der Waals surface area contributed by atoms with Crippen molar-refractivity contribution in [2.75, 3.05) is 11.9 Å². The van der Waals surface area contributed by atoms with Crippen LogP contribution >= 0.6 is 11.6 Å². The molecule has 1 saturated heterocycles. The van der Waals surface area contributed by atoms with E-state index >= 15 is 0 Å². The predicted octanol–water partition coefficient (Wildman–Crippen LogP) is 4.12. The lowest BCUT2D eigenvalue weighted by molar-refractivity contribution is -0.137. The summed E-state index contributed by atoms with van der Waals surface area (Å²) >= 11 is 5.91. The smallest absolute Gasteiger partial charge is 0.378 e. The maximum Gasteiger partial charge on any atom is 0.417 e. The fourth-order valence-corrected chi connectivity index (χ4v) is 2.87. The van der Waals surface area contributed by atoms with Crippen LogP contribution in [0.3, 0.4) is 0 Å². The normalized spacial score (nSPS) is 26.7. The Morgan fingerprint density at radius 2 is 2.05 bits per heavy atom. The Hall–Kier alpha value is -1.01. The van der Waals surface area contributed by atoms with Gasteiger partial charge in [-0.15, -0.1) is 0 Å². The fraction of sp³-hybridized carbons (Fsp3) is 0.643. The summed E-state index contributed by atoms with van der Waals surface area (Å²) in [5.41, 5.74) is -0.833. The van der Waals surface area contributed by atoms with Gasteiger partial charge in [0.2, 0.25) is 0 Å². The minimum absolute atomic E-state index is 0.000659. The van der Waals surface area contributed by atoms with Gasteiger partial charge in [-0.25, -0.2) is 4.98 Å². The number of nitrogens with zero attached hydrogens (tertiary/aromatic N) is 1. The molecule has 21 heavy (non-hydrogen) atoms. The fourth-order valence-electron chi connectivity index (χ4n) is 2.65. The van der Waals surface area contributed by atoms with Crippen LogP contribution in [0, 0.1) is 5.92 Å². The van der Waals surface area contributed by atoms with E-state index in [9.17, 15) is 13.2 Å². The number of halogens is 4. The molecule has 116 valence electrons. The Morgan fingerprint density at radius 1 is 1.29 bits per heavy atom. The second kappa shape index (κ2) is 5.65. The third kappa shape index (κ3) is 3.61. The minimum atomic E-state index is -4.43. The zero-order valence-corrected chi connectivity index (χ0v) is 12.0. The molecular weight excluding hydrogens is 305 g/mol. The molecule has 3 nitrogen and oxygen atoms in total. The molecule has 0 amide bonds. The van der Waals surface area contributed by atoms with Crippen LogP contribution in [0.2, 0.25) is 5.02 Å². The molecule has 1 N–H and O–H groups in total. The van der Waals surface area contributed by atoms with E-state index in [1.165, 1.54) is 12.8 Å². The molecule has 0 spiro atoms. The molecule has 2 aliphatic rings. The van der Waals surface area contributed by atoms with Crippen LogP contribution in [0.4, 0.5) is 19.0 Å². The lowest BCUT2D eigenvalue weighted by Gasteiger charge is -2.30. The van der Waals surface area contributed by atoms with Crippen molar-refractivity contribution in [3.8, 4) is 0 Å². The number of hydrogen-bond acceptors (Lipinski definition) is 3. The first kappa shape index (κ1) is 14.9. The molecule has 1 aromatic heterocycles. The first-order chi connectivity index (χ1) is 9.93. The summed E-state index contributed by atoms with van der Waals surface area (Å²) < 4.78 is 43.4. The number of pyridine rings is 1. The molecule has 2 atom stereocenters. The monoisotopic (exact) mass is 320 g/mol. The van der Waals surface area contributed by atoms with Gasteiger partial charge in [-0.2, -0.15) is 13.2 Å². The van der Waals surface area contributed by atoms with Gasteiger partial charge in [-0.3, -0.25) is 0 Å². The first-order valence-electron chi connectivity index (χ1n) is 7.04. The Kier molecular flexibility index (Phi) is 4.01. The molecule has 7 heteroatoms. The summed E-state index contributed by atoms with van der Waals surface area (Å²) in [6.07, 6.45) is 0.709. The van der Waals surface area contributed by atoms with Gasteiger partial charge < -0.3 is 10.1 Å². The second-order valence-electron chi connectivity index (χ2n) is 5.66. The van der Waals surface area contributed by atoms with E-state index in [0.29, 0.717) is 18.3 Å². The molecule has 1 aliphatic heterocycles. The number of aromatic nitrogens is 1. The third-order valence-electron chi connectivity index (χ3n) is 3.97. The highest BCUT2D eigenvalue weighted by atomic mass is 35.5. The molecule has 1 aromatic rings. The molecule has 0 radical (unpaired) electrons. The van der Waals surface area contributed by atoms with Gasteiger partial charge in [0.15, 0.2) is 0 Å². The summed E-state index contributed by atoms with van der Waals surface area (Å²) in [6, 6.07) is 1.06. The van der Waals surface area contributed by atoms with Crippen molar-refractivity contribution in [1.29, 1.82) is 0 Å². The summed E-state index contributed by atoms with van der Waals surface area (Å²) in [5.74, 6) is 0.955. The molecule has 2 heterocycles. The van der Waals surface area contributed by atoms with E-state index in [1.54, 1.807) is 0 Å². The van der Waals surface area contributed by atoms with Crippen LogP contribution in [0.1, 0.15) is 31.2 Å². The van der Waals surface area contributed by atoms with Gasteiger partial charge in [-0.05, 0) is 37.7 Å². The van der Waals surface area contributed by atoms with Crippen LogP contribution in [0.15, 0.2) is 12.3 Å². The van der Waals surface area contributed by atoms with E-state index in [2.05, 4.69) is 10.3 Å². The number of rotatable bonds is 3. The number of ether oxygens (including phenoxy) is 1. The van der Waals surface area contributed by atoms with Crippen molar-refractivity contribution in [2.45, 2.75) is 44.0 Å². The summed E-state index contributed by atoms with van der Waals surface area (Å²) in [5, 5.41) is 3.15. The van der Waals surface area contributed by atoms with Crippen molar-refractivity contribution >= 4 is 17.4 Å². The van der Waals surface area contributed by atoms with Gasteiger partial charge in [-0.1, -0.05) is 11.6 Å². The van der Waals surface area contributed by atoms with E-state index in [0.717, 1.165) is 25.1 Å². The molecule has 0 aromatic carbocycles.